The minimum atomic E-state index is -0.0538. The molecule has 1 aromatic carbocycles. The lowest BCUT2D eigenvalue weighted by atomic mass is 9.98. The highest BCUT2D eigenvalue weighted by atomic mass is 16.5. The second kappa shape index (κ2) is 10.1. The average Bonchev–Trinajstić information content (AvgIpc) is 2.63. The molecule has 5 nitrogen and oxygen atoms in total. The lowest BCUT2D eigenvalue weighted by Gasteiger charge is -2.28. The number of ether oxygens (including phenoxy) is 3. The Kier molecular flexibility index (Phi) is 7.79. The fraction of sp³-hybridized carbons (Fsp3) is 0.550. The third-order valence-electron chi connectivity index (χ3n) is 4.50. The van der Waals surface area contributed by atoms with Gasteiger partial charge >= 0.3 is 5.97 Å². The van der Waals surface area contributed by atoms with Crippen molar-refractivity contribution in [3.05, 3.63) is 29.8 Å². The fourth-order valence-electron chi connectivity index (χ4n) is 3.24. The summed E-state index contributed by atoms with van der Waals surface area (Å²) in [6.45, 7) is 7.68. The molecule has 1 aliphatic rings. The van der Waals surface area contributed by atoms with Gasteiger partial charge in [0.25, 0.3) is 0 Å². The van der Waals surface area contributed by atoms with Gasteiger partial charge in [-0.05, 0) is 44.4 Å². The Morgan fingerprint density at radius 2 is 2.20 bits per heavy atom. The van der Waals surface area contributed by atoms with E-state index < -0.39 is 0 Å². The number of esters is 1. The average molecular weight is 348 g/mol. The normalized spacial score (nSPS) is 20.4. The van der Waals surface area contributed by atoms with Crippen molar-refractivity contribution in [2.24, 2.45) is 5.92 Å². The van der Waals surface area contributed by atoms with Crippen LogP contribution in [-0.4, -0.2) is 45.9 Å². The van der Waals surface area contributed by atoms with Gasteiger partial charge in [0.1, 0.15) is 19.1 Å². The number of quaternary nitrogens is 1. The highest BCUT2D eigenvalue weighted by molar-refractivity contribution is 5.72. The van der Waals surface area contributed by atoms with Gasteiger partial charge < -0.3 is 19.1 Å². The minimum Gasteiger partial charge on any atom is -0.493 e. The lowest BCUT2D eigenvalue weighted by molar-refractivity contribution is -0.907. The molecule has 1 heterocycles. The summed E-state index contributed by atoms with van der Waals surface area (Å²) < 4.78 is 16.5. The van der Waals surface area contributed by atoms with E-state index in [0.29, 0.717) is 13.2 Å². The third-order valence-corrected chi connectivity index (χ3v) is 4.50. The molecule has 1 saturated heterocycles. The largest absolute Gasteiger partial charge is 0.493 e. The first-order chi connectivity index (χ1) is 12.2. The molecule has 138 valence electrons. The zero-order valence-electron chi connectivity index (χ0n) is 15.5. The molecule has 0 saturated carbocycles. The first kappa shape index (κ1) is 19.3. The number of benzene rings is 1. The van der Waals surface area contributed by atoms with E-state index in [2.05, 4.69) is 0 Å². The molecule has 0 amide bonds. The smallest absolute Gasteiger partial charge is 0.314 e. The molecule has 0 spiro atoms. The predicted molar refractivity (Wildman–Crippen MR) is 98.1 cm³/mol. The molecule has 5 heteroatoms. The van der Waals surface area contributed by atoms with Crippen molar-refractivity contribution >= 4 is 12.0 Å². The van der Waals surface area contributed by atoms with Gasteiger partial charge in [-0.15, -0.1) is 0 Å². The van der Waals surface area contributed by atoms with E-state index in [1.165, 1.54) is 4.90 Å². The number of allylic oxidation sites excluding steroid dienone is 1. The van der Waals surface area contributed by atoms with E-state index >= 15 is 0 Å². The molecule has 2 rings (SSSR count). The lowest BCUT2D eigenvalue weighted by Crippen LogP contribution is -3.14. The maximum absolute atomic E-state index is 11.9. The number of carbonyl (C=O) groups excluding carboxylic acids is 1. The molecule has 1 N–H and O–H groups in total. The Morgan fingerprint density at radius 3 is 2.92 bits per heavy atom. The van der Waals surface area contributed by atoms with E-state index in [1.54, 1.807) is 7.11 Å². The molecular formula is C20H30NO4+. The molecule has 1 unspecified atom stereocenters. The van der Waals surface area contributed by atoms with Crippen molar-refractivity contribution in [3.8, 4) is 11.5 Å². The zero-order valence-corrected chi connectivity index (χ0v) is 15.5. The molecule has 1 aliphatic heterocycles. The van der Waals surface area contributed by atoms with Crippen LogP contribution in [0.1, 0.15) is 32.3 Å². The maximum Gasteiger partial charge on any atom is 0.314 e. The van der Waals surface area contributed by atoms with Crippen molar-refractivity contribution < 1.29 is 23.9 Å². The molecular weight excluding hydrogens is 318 g/mol. The fourth-order valence-corrected chi connectivity index (χ4v) is 3.24. The Labute approximate surface area is 150 Å². The summed E-state index contributed by atoms with van der Waals surface area (Å²) in [6, 6.07) is 5.93. The molecule has 1 fully saturated rings. The van der Waals surface area contributed by atoms with Gasteiger partial charge in [-0.1, -0.05) is 18.2 Å². The molecule has 0 radical (unpaired) electrons. The molecule has 0 aliphatic carbocycles. The maximum atomic E-state index is 11.9. The molecule has 2 atom stereocenters. The standard InChI is InChI=1S/C20H29NO4/c1-4-7-16-9-10-18(19(14-16)23-3)25-13-12-21-11-6-8-17(15-21)20(22)24-5-2/h4,7,9-10,14,17H,5-6,8,11-13,15H2,1-3H3/p+1/b7-4+/t17-/m0/s1. The van der Waals surface area contributed by atoms with Crippen LogP contribution in [0.2, 0.25) is 0 Å². The van der Waals surface area contributed by atoms with Gasteiger partial charge in [0.2, 0.25) is 0 Å². The number of rotatable bonds is 8. The van der Waals surface area contributed by atoms with Crippen molar-refractivity contribution in [1.29, 1.82) is 0 Å². The summed E-state index contributed by atoms with van der Waals surface area (Å²) >= 11 is 0. The summed E-state index contributed by atoms with van der Waals surface area (Å²) in [5.41, 5.74) is 1.09. The van der Waals surface area contributed by atoms with Gasteiger partial charge in [0.05, 0.1) is 26.8 Å². The van der Waals surface area contributed by atoms with E-state index in [1.807, 2.05) is 44.2 Å². The molecule has 1 aromatic rings. The highest BCUT2D eigenvalue weighted by Crippen LogP contribution is 2.28. The van der Waals surface area contributed by atoms with E-state index in [4.69, 9.17) is 14.2 Å². The number of piperidine rings is 1. The number of hydrogen-bond donors (Lipinski definition) is 1. The van der Waals surface area contributed by atoms with Gasteiger partial charge in [-0.3, -0.25) is 4.79 Å². The topological polar surface area (TPSA) is 49.2 Å². The number of carbonyl (C=O) groups is 1. The van der Waals surface area contributed by atoms with Gasteiger partial charge in [-0.2, -0.15) is 0 Å². The Bertz CT molecular complexity index is 585. The van der Waals surface area contributed by atoms with Crippen LogP contribution in [0.4, 0.5) is 0 Å². The van der Waals surface area contributed by atoms with Crippen LogP contribution < -0.4 is 14.4 Å². The number of hydrogen-bond acceptors (Lipinski definition) is 4. The second-order valence-corrected chi connectivity index (χ2v) is 6.30. The summed E-state index contributed by atoms with van der Waals surface area (Å²) in [5.74, 6) is 1.47. The first-order valence-corrected chi connectivity index (χ1v) is 9.11. The van der Waals surface area contributed by atoms with Crippen LogP contribution >= 0.6 is 0 Å². The number of methoxy groups -OCH3 is 1. The zero-order chi connectivity index (χ0) is 18.1. The summed E-state index contributed by atoms with van der Waals surface area (Å²) in [6.07, 6.45) is 6.01. The van der Waals surface area contributed by atoms with Crippen molar-refractivity contribution in [1.82, 2.24) is 0 Å². The first-order valence-electron chi connectivity index (χ1n) is 9.11. The van der Waals surface area contributed by atoms with Crippen LogP contribution in [0.15, 0.2) is 24.3 Å². The van der Waals surface area contributed by atoms with Gasteiger partial charge in [0.15, 0.2) is 11.5 Å². The molecule has 0 bridgehead atoms. The summed E-state index contributed by atoms with van der Waals surface area (Å²) in [4.78, 5) is 13.3. The Hall–Kier alpha value is -2.01. The quantitative estimate of drug-likeness (QED) is 0.730. The summed E-state index contributed by atoms with van der Waals surface area (Å²) in [7, 11) is 1.65. The Morgan fingerprint density at radius 1 is 1.36 bits per heavy atom. The minimum absolute atomic E-state index is 0.0263. The van der Waals surface area contributed by atoms with Crippen molar-refractivity contribution in [2.75, 3.05) is 40.0 Å². The molecule has 25 heavy (non-hydrogen) atoms. The monoisotopic (exact) mass is 348 g/mol. The highest BCUT2D eigenvalue weighted by Gasteiger charge is 2.29. The third kappa shape index (κ3) is 5.78. The van der Waals surface area contributed by atoms with Crippen LogP contribution in [0.3, 0.4) is 0 Å². The second-order valence-electron chi connectivity index (χ2n) is 6.30. The SMILES string of the molecule is C/C=C/c1ccc(OCC[NH+]2CCC[C@H](C(=O)OCC)C2)c(OC)c1. The number of likely N-dealkylation sites (tertiary alicyclic amines) is 1. The van der Waals surface area contributed by atoms with Gasteiger partial charge in [0, 0.05) is 0 Å². The van der Waals surface area contributed by atoms with E-state index in [0.717, 1.165) is 49.5 Å². The van der Waals surface area contributed by atoms with Crippen molar-refractivity contribution in [3.63, 3.8) is 0 Å². The van der Waals surface area contributed by atoms with Crippen LogP contribution in [0.5, 0.6) is 11.5 Å². The van der Waals surface area contributed by atoms with Gasteiger partial charge in [-0.25, -0.2) is 0 Å². The van der Waals surface area contributed by atoms with Crippen LogP contribution in [-0.2, 0) is 9.53 Å². The Balaban J connectivity index is 1.84. The molecule has 0 aromatic heterocycles. The van der Waals surface area contributed by atoms with Crippen LogP contribution in [0, 0.1) is 5.92 Å². The van der Waals surface area contributed by atoms with E-state index in [9.17, 15) is 4.79 Å². The van der Waals surface area contributed by atoms with Crippen LogP contribution in [0.25, 0.3) is 6.08 Å². The summed E-state index contributed by atoms with van der Waals surface area (Å²) in [5, 5.41) is 0. The predicted octanol–water partition coefficient (Wildman–Crippen LogP) is 1.97. The number of nitrogens with one attached hydrogen (secondary N) is 1. The van der Waals surface area contributed by atoms with Crippen molar-refractivity contribution in [2.45, 2.75) is 26.7 Å². The van der Waals surface area contributed by atoms with E-state index in [-0.39, 0.29) is 11.9 Å².